The highest BCUT2D eigenvalue weighted by Gasteiger charge is 2.20. The number of benzene rings is 8. The summed E-state index contributed by atoms with van der Waals surface area (Å²) >= 11 is 0. The average Bonchev–Trinajstić information content (AvgIpc) is 3.95. The number of furan rings is 2. The summed E-state index contributed by atoms with van der Waals surface area (Å²) in [5, 5.41) is 4.11. The van der Waals surface area contributed by atoms with Crippen molar-refractivity contribution in [1.82, 2.24) is 4.98 Å². The van der Waals surface area contributed by atoms with Gasteiger partial charge in [0.05, 0.1) is 5.39 Å². The number of para-hydroxylation sites is 2. The van der Waals surface area contributed by atoms with Crippen LogP contribution < -0.4 is 4.90 Å². The van der Waals surface area contributed by atoms with Crippen LogP contribution in [0.3, 0.4) is 0 Å². The van der Waals surface area contributed by atoms with Gasteiger partial charge in [0.15, 0.2) is 5.58 Å². The van der Waals surface area contributed by atoms with Crippen molar-refractivity contribution in [3.05, 3.63) is 182 Å². The van der Waals surface area contributed by atoms with E-state index in [1.54, 1.807) is 0 Å². The van der Waals surface area contributed by atoms with Gasteiger partial charge in [-0.15, -0.1) is 0 Å². The van der Waals surface area contributed by atoms with Crippen LogP contribution in [0.5, 0.6) is 0 Å². The van der Waals surface area contributed by atoms with Gasteiger partial charge in [-0.05, 0) is 83.4 Å². The highest BCUT2D eigenvalue weighted by atomic mass is 16.4. The number of anilines is 3. The third-order valence-electron chi connectivity index (χ3n) is 10.3. The van der Waals surface area contributed by atoms with Gasteiger partial charge in [-0.1, -0.05) is 109 Å². The molecule has 8 aromatic carbocycles. The third kappa shape index (κ3) is 4.90. The Balaban J connectivity index is 1.07. The normalized spacial score (nSPS) is 11.7. The number of nitrogens with zero attached hydrogens (tertiary/aromatic N) is 2. The van der Waals surface area contributed by atoms with E-state index in [0.717, 1.165) is 94.3 Å². The molecule has 11 rings (SSSR count). The van der Waals surface area contributed by atoms with E-state index in [1.165, 1.54) is 5.56 Å². The molecule has 0 amide bonds. The highest BCUT2D eigenvalue weighted by Crippen LogP contribution is 2.43. The fraction of sp³-hybridized carbons (Fsp3) is 0. The van der Waals surface area contributed by atoms with Crippen LogP contribution in [0, 0.1) is 0 Å². The molecule has 0 bridgehead atoms. The Morgan fingerprint density at radius 3 is 1.91 bits per heavy atom. The van der Waals surface area contributed by atoms with Crippen LogP contribution in [0.2, 0.25) is 0 Å². The minimum Gasteiger partial charge on any atom is -0.456 e. The van der Waals surface area contributed by atoms with E-state index in [0.29, 0.717) is 5.89 Å². The van der Waals surface area contributed by atoms with Gasteiger partial charge in [0.25, 0.3) is 0 Å². The molecule has 0 unspecified atom stereocenters. The van der Waals surface area contributed by atoms with Crippen molar-refractivity contribution in [3.63, 3.8) is 0 Å². The first-order valence-electron chi connectivity index (χ1n) is 18.0. The standard InChI is InChI=1S/C49H30N2O3/c1-3-11-31(12-4-1)32-21-23-35(24-22-32)51(36-16-9-15-34(29-36)38-18-10-19-40-39-17-7-8-20-43(39)53-47(38)40)37-25-26-41-45(30-37)52-44-28-27-42-48(46(41)44)54-49(50-42)33-13-5-2-6-14-33/h1-30H. The Morgan fingerprint density at radius 2 is 1.06 bits per heavy atom. The van der Waals surface area contributed by atoms with Gasteiger partial charge in [-0.2, -0.15) is 0 Å². The average molecular weight is 695 g/mol. The van der Waals surface area contributed by atoms with Crippen LogP contribution in [-0.2, 0) is 0 Å². The van der Waals surface area contributed by atoms with E-state index >= 15 is 0 Å². The van der Waals surface area contributed by atoms with E-state index < -0.39 is 0 Å². The van der Waals surface area contributed by atoms with E-state index in [2.05, 4.69) is 126 Å². The van der Waals surface area contributed by atoms with Gasteiger partial charge in [-0.25, -0.2) is 4.98 Å². The largest absolute Gasteiger partial charge is 0.456 e. The molecular weight excluding hydrogens is 665 g/mol. The molecule has 0 aliphatic carbocycles. The minimum atomic E-state index is 0.590. The Morgan fingerprint density at radius 1 is 0.370 bits per heavy atom. The number of rotatable bonds is 6. The molecule has 5 nitrogen and oxygen atoms in total. The van der Waals surface area contributed by atoms with E-state index in [9.17, 15) is 0 Å². The van der Waals surface area contributed by atoms with Crippen LogP contribution in [0.25, 0.3) is 88.7 Å². The molecule has 5 heteroatoms. The van der Waals surface area contributed by atoms with Gasteiger partial charge >= 0.3 is 0 Å². The first kappa shape index (κ1) is 30.3. The Kier molecular flexibility index (Phi) is 6.79. The number of fused-ring (bicyclic) bond motifs is 8. The van der Waals surface area contributed by atoms with Gasteiger partial charge in [0, 0.05) is 50.4 Å². The van der Waals surface area contributed by atoms with Gasteiger partial charge < -0.3 is 18.2 Å². The molecular formula is C49H30N2O3. The maximum atomic E-state index is 6.56. The van der Waals surface area contributed by atoms with Gasteiger partial charge in [0.2, 0.25) is 5.89 Å². The first-order valence-corrected chi connectivity index (χ1v) is 18.0. The molecule has 0 aliphatic rings. The fourth-order valence-corrected chi connectivity index (χ4v) is 7.75. The monoisotopic (exact) mass is 694 g/mol. The molecule has 0 atom stereocenters. The quantitative estimate of drug-likeness (QED) is 0.173. The summed E-state index contributed by atoms with van der Waals surface area (Å²) in [5.41, 5.74) is 13.2. The van der Waals surface area contributed by atoms with Crippen molar-refractivity contribution in [3.8, 4) is 33.7 Å². The van der Waals surface area contributed by atoms with E-state index in [-0.39, 0.29) is 0 Å². The molecule has 54 heavy (non-hydrogen) atoms. The van der Waals surface area contributed by atoms with Crippen molar-refractivity contribution in [1.29, 1.82) is 0 Å². The number of hydrogen-bond donors (Lipinski definition) is 0. The Bertz CT molecular complexity index is 3160. The number of oxazole rings is 1. The summed E-state index contributed by atoms with van der Waals surface area (Å²) in [6.45, 7) is 0. The van der Waals surface area contributed by atoms with E-state index in [4.69, 9.17) is 18.2 Å². The second kappa shape index (κ2) is 12.1. The van der Waals surface area contributed by atoms with Crippen LogP contribution in [0.1, 0.15) is 0 Å². The SMILES string of the molecule is c1ccc(-c2ccc(N(c3cccc(-c4cccc5c4oc4ccccc45)c3)c3ccc4c(c3)oc3ccc5nc(-c6ccccc6)oc5c34)cc2)cc1. The predicted molar refractivity (Wildman–Crippen MR) is 220 cm³/mol. The summed E-state index contributed by atoms with van der Waals surface area (Å²) in [6, 6.07) is 62.8. The maximum Gasteiger partial charge on any atom is 0.227 e. The summed E-state index contributed by atoms with van der Waals surface area (Å²) in [6.07, 6.45) is 0. The smallest absolute Gasteiger partial charge is 0.227 e. The van der Waals surface area contributed by atoms with Crippen molar-refractivity contribution in [2.24, 2.45) is 0 Å². The van der Waals surface area contributed by atoms with E-state index in [1.807, 2.05) is 60.7 Å². The molecule has 0 radical (unpaired) electrons. The van der Waals surface area contributed by atoms with Crippen molar-refractivity contribution in [2.45, 2.75) is 0 Å². The zero-order valence-electron chi connectivity index (χ0n) is 28.9. The first-order chi connectivity index (χ1) is 26.7. The lowest BCUT2D eigenvalue weighted by atomic mass is 10.0. The van der Waals surface area contributed by atoms with Crippen molar-refractivity contribution in [2.75, 3.05) is 4.90 Å². The lowest BCUT2D eigenvalue weighted by molar-refractivity contribution is 0.622. The molecule has 0 N–H and O–H groups in total. The minimum absolute atomic E-state index is 0.590. The second-order valence-corrected chi connectivity index (χ2v) is 13.5. The Labute approximate surface area is 309 Å². The van der Waals surface area contributed by atoms with Gasteiger partial charge in [0.1, 0.15) is 27.8 Å². The van der Waals surface area contributed by atoms with Gasteiger partial charge in [-0.3, -0.25) is 0 Å². The highest BCUT2D eigenvalue weighted by molar-refractivity contribution is 6.17. The van der Waals surface area contributed by atoms with Crippen LogP contribution >= 0.6 is 0 Å². The summed E-state index contributed by atoms with van der Waals surface area (Å²) in [4.78, 5) is 7.09. The van der Waals surface area contributed by atoms with Crippen LogP contribution in [0.4, 0.5) is 17.1 Å². The summed E-state index contributed by atoms with van der Waals surface area (Å²) in [7, 11) is 0. The maximum absolute atomic E-state index is 6.56. The molecule has 3 aromatic heterocycles. The molecule has 0 spiro atoms. The molecule has 254 valence electrons. The summed E-state index contributed by atoms with van der Waals surface area (Å²) in [5.74, 6) is 0.590. The number of aromatic nitrogens is 1. The second-order valence-electron chi connectivity index (χ2n) is 13.5. The number of hydrogen-bond acceptors (Lipinski definition) is 5. The molecule has 11 aromatic rings. The molecule has 0 fully saturated rings. The zero-order valence-corrected chi connectivity index (χ0v) is 28.9. The predicted octanol–water partition coefficient (Wildman–Crippen LogP) is 14.1. The molecule has 0 saturated carbocycles. The van der Waals surface area contributed by atoms with Crippen LogP contribution in [-0.4, -0.2) is 4.98 Å². The topological polar surface area (TPSA) is 55.6 Å². The van der Waals surface area contributed by atoms with Crippen molar-refractivity contribution < 1.29 is 13.3 Å². The fourth-order valence-electron chi connectivity index (χ4n) is 7.75. The lowest BCUT2D eigenvalue weighted by Gasteiger charge is -2.26. The molecule has 3 heterocycles. The Hall–Kier alpha value is -7.37. The van der Waals surface area contributed by atoms with Crippen LogP contribution in [0.15, 0.2) is 195 Å². The van der Waals surface area contributed by atoms with Crippen molar-refractivity contribution >= 4 is 72.0 Å². The molecule has 0 aliphatic heterocycles. The lowest BCUT2D eigenvalue weighted by Crippen LogP contribution is -2.10. The summed E-state index contributed by atoms with van der Waals surface area (Å²) < 4.78 is 19.4. The third-order valence-corrected chi connectivity index (χ3v) is 10.3. The molecule has 0 saturated heterocycles. The zero-order chi connectivity index (χ0) is 35.6.